The second-order valence-electron chi connectivity index (χ2n) is 3.37. The van der Waals surface area contributed by atoms with E-state index in [-0.39, 0.29) is 11.1 Å². The number of aromatic nitrogens is 1. The minimum Gasteiger partial charge on any atom is -0.478 e. The number of nitrogens with zero attached hydrogens (tertiary/aromatic N) is 1. The maximum atomic E-state index is 13.0. The number of carboxylic acids is 1. The highest BCUT2D eigenvalue weighted by Gasteiger charge is 2.14. The molecule has 0 saturated carbocycles. The summed E-state index contributed by atoms with van der Waals surface area (Å²) in [5.74, 6) is -2.67. The van der Waals surface area contributed by atoms with Gasteiger partial charge in [0, 0.05) is 17.8 Å². The zero-order valence-corrected chi connectivity index (χ0v) is 8.52. The largest absolute Gasteiger partial charge is 0.478 e. The highest BCUT2D eigenvalue weighted by atomic mass is 19.1. The Bertz CT molecular complexity index is 584. The molecule has 0 atom stereocenters. The van der Waals surface area contributed by atoms with Crippen LogP contribution >= 0.6 is 0 Å². The van der Waals surface area contributed by atoms with Gasteiger partial charge < -0.3 is 5.11 Å². The number of hydrogen-bond acceptors (Lipinski definition) is 2. The molecule has 5 heteroatoms. The van der Waals surface area contributed by atoms with Gasteiger partial charge in [-0.05, 0) is 17.7 Å². The van der Waals surface area contributed by atoms with Gasteiger partial charge in [-0.15, -0.1) is 0 Å². The van der Waals surface area contributed by atoms with Gasteiger partial charge in [-0.2, -0.15) is 4.39 Å². The molecule has 0 aliphatic rings. The molecule has 0 amide bonds. The minimum absolute atomic E-state index is 0.179. The van der Waals surface area contributed by atoms with Gasteiger partial charge in [0.25, 0.3) is 0 Å². The second kappa shape index (κ2) is 4.29. The fraction of sp³-hybridized carbons (Fsp3) is 0. The van der Waals surface area contributed by atoms with Crippen LogP contribution in [0.3, 0.4) is 0 Å². The Balaban J connectivity index is 2.63. The van der Waals surface area contributed by atoms with Gasteiger partial charge >= 0.3 is 5.97 Å². The Morgan fingerprint density at radius 2 is 2.00 bits per heavy atom. The van der Waals surface area contributed by atoms with Crippen LogP contribution in [0.2, 0.25) is 0 Å². The molecule has 86 valence electrons. The van der Waals surface area contributed by atoms with E-state index >= 15 is 0 Å². The maximum Gasteiger partial charge on any atom is 0.336 e. The lowest BCUT2D eigenvalue weighted by Crippen LogP contribution is -2.02. The van der Waals surface area contributed by atoms with Crippen LogP contribution in [0.25, 0.3) is 11.1 Å². The first-order valence-electron chi connectivity index (χ1n) is 4.72. The summed E-state index contributed by atoms with van der Waals surface area (Å²) in [5, 5.41) is 8.93. The van der Waals surface area contributed by atoms with Gasteiger partial charge in [0.15, 0.2) is 0 Å². The fourth-order valence-corrected chi connectivity index (χ4v) is 1.49. The SMILES string of the molecule is O=C(O)c1cc(F)ncc1-c1cccc(F)c1. The molecule has 0 aliphatic heterocycles. The van der Waals surface area contributed by atoms with E-state index in [1.165, 1.54) is 24.3 Å². The lowest BCUT2D eigenvalue weighted by atomic mass is 10.0. The molecule has 0 unspecified atom stereocenters. The van der Waals surface area contributed by atoms with Crippen molar-refractivity contribution >= 4 is 5.97 Å². The Kier molecular flexibility index (Phi) is 2.82. The van der Waals surface area contributed by atoms with Crippen molar-refractivity contribution in [2.75, 3.05) is 0 Å². The first-order chi connectivity index (χ1) is 8.08. The topological polar surface area (TPSA) is 50.2 Å². The van der Waals surface area contributed by atoms with Crippen LogP contribution in [0.1, 0.15) is 10.4 Å². The molecule has 1 aromatic heterocycles. The molecule has 0 bridgehead atoms. The molecule has 17 heavy (non-hydrogen) atoms. The molecule has 3 nitrogen and oxygen atoms in total. The molecule has 2 rings (SSSR count). The van der Waals surface area contributed by atoms with Gasteiger partial charge in [-0.3, -0.25) is 0 Å². The highest BCUT2D eigenvalue weighted by molar-refractivity contribution is 5.95. The van der Waals surface area contributed by atoms with E-state index in [4.69, 9.17) is 5.11 Å². The van der Waals surface area contributed by atoms with Crippen LogP contribution in [0.5, 0.6) is 0 Å². The summed E-state index contributed by atoms with van der Waals surface area (Å²) < 4.78 is 25.9. The molecule has 1 N–H and O–H groups in total. The number of benzene rings is 1. The van der Waals surface area contributed by atoms with Gasteiger partial charge in [-0.25, -0.2) is 14.2 Å². The highest BCUT2D eigenvalue weighted by Crippen LogP contribution is 2.24. The maximum absolute atomic E-state index is 13.0. The van der Waals surface area contributed by atoms with E-state index < -0.39 is 17.7 Å². The summed E-state index contributed by atoms with van der Waals surface area (Å²) in [6.07, 6.45) is 1.08. The minimum atomic E-state index is -1.29. The van der Waals surface area contributed by atoms with E-state index in [1.54, 1.807) is 0 Å². The zero-order chi connectivity index (χ0) is 12.4. The van der Waals surface area contributed by atoms with E-state index in [0.29, 0.717) is 5.56 Å². The summed E-state index contributed by atoms with van der Waals surface area (Å²) >= 11 is 0. The average Bonchev–Trinajstić information content (AvgIpc) is 2.28. The standard InChI is InChI=1S/C12H7F2NO2/c13-8-3-1-2-7(4-8)10-6-15-11(14)5-9(10)12(16)17/h1-6H,(H,16,17). The summed E-state index contributed by atoms with van der Waals surface area (Å²) in [6.45, 7) is 0. The van der Waals surface area contributed by atoms with Crippen molar-refractivity contribution < 1.29 is 18.7 Å². The van der Waals surface area contributed by atoms with Gasteiger partial charge in [0.1, 0.15) is 5.82 Å². The van der Waals surface area contributed by atoms with Crippen molar-refractivity contribution in [2.45, 2.75) is 0 Å². The Morgan fingerprint density at radius 3 is 2.65 bits per heavy atom. The first kappa shape index (κ1) is 11.2. The smallest absolute Gasteiger partial charge is 0.336 e. The number of carbonyl (C=O) groups is 1. The third-order valence-electron chi connectivity index (χ3n) is 2.24. The molecule has 2 aromatic rings. The number of carboxylic acid groups (broad SMARTS) is 1. The average molecular weight is 235 g/mol. The molecule has 1 heterocycles. The predicted octanol–water partition coefficient (Wildman–Crippen LogP) is 2.73. The quantitative estimate of drug-likeness (QED) is 0.814. The predicted molar refractivity (Wildman–Crippen MR) is 56.5 cm³/mol. The van der Waals surface area contributed by atoms with E-state index in [9.17, 15) is 13.6 Å². The summed E-state index contributed by atoms with van der Waals surface area (Å²) in [5.41, 5.74) is 0.274. The lowest BCUT2D eigenvalue weighted by molar-refractivity contribution is 0.0697. The number of pyridine rings is 1. The van der Waals surface area contributed by atoms with E-state index in [2.05, 4.69) is 4.98 Å². The summed E-state index contributed by atoms with van der Waals surface area (Å²) in [4.78, 5) is 14.3. The van der Waals surface area contributed by atoms with Gasteiger partial charge in [0.05, 0.1) is 5.56 Å². The molecular weight excluding hydrogens is 228 g/mol. The van der Waals surface area contributed by atoms with Crippen LogP contribution in [0.4, 0.5) is 8.78 Å². The number of rotatable bonds is 2. The van der Waals surface area contributed by atoms with Crippen LogP contribution in [0.15, 0.2) is 36.5 Å². The third kappa shape index (κ3) is 2.28. The number of aromatic carboxylic acids is 1. The van der Waals surface area contributed by atoms with E-state index in [1.807, 2.05) is 0 Å². The number of hydrogen-bond donors (Lipinski definition) is 1. The van der Waals surface area contributed by atoms with Crippen LogP contribution in [-0.4, -0.2) is 16.1 Å². The van der Waals surface area contributed by atoms with Crippen molar-refractivity contribution in [3.05, 3.63) is 53.9 Å². The first-order valence-corrected chi connectivity index (χ1v) is 4.72. The van der Waals surface area contributed by atoms with Crippen molar-refractivity contribution in [2.24, 2.45) is 0 Å². The van der Waals surface area contributed by atoms with Crippen LogP contribution in [-0.2, 0) is 0 Å². The van der Waals surface area contributed by atoms with Crippen molar-refractivity contribution in [3.63, 3.8) is 0 Å². The molecule has 0 saturated heterocycles. The molecule has 1 aromatic carbocycles. The Hall–Kier alpha value is -2.30. The lowest BCUT2D eigenvalue weighted by Gasteiger charge is -2.05. The molecule has 0 radical (unpaired) electrons. The van der Waals surface area contributed by atoms with Crippen LogP contribution < -0.4 is 0 Å². The third-order valence-corrected chi connectivity index (χ3v) is 2.24. The van der Waals surface area contributed by atoms with Crippen molar-refractivity contribution in [3.8, 4) is 11.1 Å². The number of halogens is 2. The van der Waals surface area contributed by atoms with E-state index in [0.717, 1.165) is 12.3 Å². The fourth-order valence-electron chi connectivity index (χ4n) is 1.49. The zero-order valence-electron chi connectivity index (χ0n) is 8.52. The van der Waals surface area contributed by atoms with Crippen molar-refractivity contribution in [1.82, 2.24) is 4.98 Å². The molecule has 0 aliphatic carbocycles. The summed E-state index contributed by atoms with van der Waals surface area (Å²) in [7, 11) is 0. The van der Waals surface area contributed by atoms with Crippen molar-refractivity contribution in [1.29, 1.82) is 0 Å². The summed E-state index contributed by atoms with van der Waals surface area (Å²) in [6, 6.07) is 6.19. The molecule has 0 spiro atoms. The normalized spacial score (nSPS) is 10.2. The molecular formula is C12H7F2NO2. The van der Waals surface area contributed by atoms with Gasteiger partial charge in [0.2, 0.25) is 5.95 Å². The Morgan fingerprint density at radius 1 is 1.24 bits per heavy atom. The molecule has 0 fully saturated rings. The van der Waals surface area contributed by atoms with Crippen LogP contribution in [0, 0.1) is 11.8 Å². The monoisotopic (exact) mass is 235 g/mol. The van der Waals surface area contributed by atoms with Gasteiger partial charge in [-0.1, -0.05) is 12.1 Å². The second-order valence-corrected chi connectivity index (χ2v) is 3.37. The Labute approximate surface area is 95.4 Å².